The molecule has 1 aromatic carbocycles. The van der Waals surface area contributed by atoms with Crippen LogP contribution in [0.15, 0.2) is 18.2 Å². The van der Waals surface area contributed by atoms with E-state index < -0.39 is 17.5 Å². The Kier molecular flexibility index (Phi) is 4.00. The molecule has 98 valence electrons. The number of halogens is 3. The van der Waals surface area contributed by atoms with Crippen LogP contribution in [0.5, 0.6) is 0 Å². The Bertz CT molecular complexity index is 466. The van der Waals surface area contributed by atoms with Crippen molar-refractivity contribution < 1.29 is 13.6 Å². The number of hydrogen-bond acceptors (Lipinski definition) is 1. The van der Waals surface area contributed by atoms with E-state index in [0.29, 0.717) is 19.0 Å². The Morgan fingerprint density at radius 3 is 2.83 bits per heavy atom. The summed E-state index contributed by atoms with van der Waals surface area (Å²) >= 11 is 3.51. The van der Waals surface area contributed by atoms with Gasteiger partial charge in [-0.15, -0.1) is 0 Å². The number of carbonyl (C=O) groups is 1. The Balaban J connectivity index is 2.19. The average Bonchev–Trinajstić information content (AvgIpc) is 2.35. The lowest BCUT2D eigenvalue weighted by atomic mass is 9.98. The third kappa shape index (κ3) is 2.55. The van der Waals surface area contributed by atoms with Gasteiger partial charge in [-0.1, -0.05) is 28.9 Å². The van der Waals surface area contributed by atoms with Crippen molar-refractivity contribution in [2.45, 2.75) is 18.2 Å². The van der Waals surface area contributed by atoms with Gasteiger partial charge in [0, 0.05) is 17.9 Å². The maximum absolute atomic E-state index is 13.5. The topological polar surface area (TPSA) is 20.3 Å². The summed E-state index contributed by atoms with van der Waals surface area (Å²) in [5, 5.41) is 0. The van der Waals surface area contributed by atoms with Gasteiger partial charge in [-0.2, -0.15) is 0 Å². The molecule has 2 rings (SSSR count). The highest BCUT2D eigenvalue weighted by Gasteiger charge is 2.29. The predicted octanol–water partition coefficient (Wildman–Crippen LogP) is 3.21. The van der Waals surface area contributed by atoms with Crippen molar-refractivity contribution in [3.63, 3.8) is 0 Å². The number of amides is 1. The van der Waals surface area contributed by atoms with E-state index >= 15 is 0 Å². The van der Waals surface area contributed by atoms with E-state index in [1.54, 1.807) is 4.90 Å². The van der Waals surface area contributed by atoms with Gasteiger partial charge in [-0.25, -0.2) is 8.78 Å². The van der Waals surface area contributed by atoms with Crippen LogP contribution in [-0.4, -0.2) is 28.7 Å². The van der Waals surface area contributed by atoms with Gasteiger partial charge in [-0.05, 0) is 24.5 Å². The van der Waals surface area contributed by atoms with Gasteiger partial charge < -0.3 is 4.90 Å². The van der Waals surface area contributed by atoms with Crippen molar-refractivity contribution >= 4 is 21.8 Å². The highest BCUT2D eigenvalue weighted by atomic mass is 79.9. The zero-order chi connectivity index (χ0) is 13.3. The van der Waals surface area contributed by atoms with Gasteiger partial charge in [0.1, 0.15) is 0 Å². The minimum absolute atomic E-state index is 0.191. The molecule has 2 atom stereocenters. The molecule has 0 bridgehead atoms. The summed E-state index contributed by atoms with van der Waals surface area (Å²) in [6.45, 7) is 3.21. The fraction of sp³-hybridized carbons (Fsp3) is 0.462. The van der Waals surface area contributed by atoms with Gasteiger partial charge in [0.15, 0.2) is 11.6 Å². The van der Waals surface area contributed by atoms with Crippen molar-refractivity contribution in [3.05, 3.63) is 35.4 Å². The van der Waals surface area contributed by atoms with Crippen molar-refractivity contribution in [1.82, 2.24) is 4.90 Å². The molecule has 5 heteroatoms. The summed E-state index contributed by atoms with van der Waals surface area (Å²) in [6.07, 6.45) is 0.860. The molecule has 0 saturated carbocycles. The predicted molar refractivity (Wildman–Crippen MR) is 68.8 cm³/mol. The molecular formula is C13H14BrF2NO. The van der Waals surface area contributed by atoms with E-state index in [4.69, 9.17) is 0 Å². The first kappa shape index (κ1) is 13.5. The standard InChI is InChI=1S/C13H14BrF2NO/c1-8-5-6-17(7-10(8)14)13(18)9-3-2-4-11(15)12(9)16/h2-4,8,10H,5-7H2,1H3. The molecule has 0 spiro atoms. The normalized spacial score (nSPS) is 24.1. The lowest BCUT2D eigenvalue weighted by Crippen LogP contribution is -2.43. The maximum atomic E-state index is 13.5. The largest absolute Gasteiger partial charge is 0.337 e. The minimum atomic E-state index is -1.06. The molecule has 1 saturated heterocycles. The molecule has 2 nitrogen and oxygen atoms in total. The minimum Gasteiger partial charge on any atom is -0.337 e. The van der Waals surface area contributed by atoms with E-state index in [1.165, 1.54) is 12.1 Å². The van der Waals surface area contributed by atoms with Crippen LogP contribution in [0.25, 0.3) is 0 Å². The van der Waals surface area contributed by atoms with Gasteiger partial charge >= 0.3 is 0 Å². The second-order valence-corrected chi connectivity index (χ2v) is 5.81. The molecule has 1 fully saturated rings. The van der Waals surface area contributed by atoms with Gasteiger partial charge in [-0.3, -0.25) is 4.79 Å². The monoisotopic (exact) mass is 317 g/mol. The third-order valence-corrected chi connectivity index (χ3v) is 4.53. The van der Waals surface area contributed by atoms with Gasteiger partial charge in [0.2, 0.25) is 0 Å². The Morgan fingerprint density at radius 1 is 1.44 bits per heavy atom. The van der Waals surface area contributed by atoms with Crippen molar-refractivity contribution in [2.24, 2.45) is 5.92 Å². The number of piperidine rings is 1. The van der Waals surface area contributed by atoms with E-state index in [2.05, 4.69) is 22.9 Å². The second kappa shape index (κ2) is 5.34. The first-order valence-corrected chi connectivity index (χ1v) is 6.79. The molecule has 1 heterocycles. The van der Waals surface area contributed by atoms with Crippen molar-refractivity contribution in [2.75, 3.05) is 13.1 Å². The summed E-state index contributed by atoms with van der Waals surface area (Å²) in [6, 6.07) is 3.68. The Hall–Kier alpha value is -0.970. The van der Waals surface area contributed by atoms with Crippen LogP contribution >= 0.6 is 15.9 Å². The number of rotatable bonds is 1. The van der Waals surface area contributed by atoms with Gasteiger partial charge in [0.05, 0.1) is 5.56 Å². The van der Waals surface area contributed by atoms with Crippen molar-refractivity contribution in [1.29, 1.82) is 0 Å². The average molecular weight is 318 g/mol. The fourth-order valence-electron chi connectivity index (χ4n) is 2.05. The lowest BCUT2D eigenvalue weighted by molar-refractivity contribution is 0.0700. The summed E-state index contributed by atoms with van der Waals surface area (Å²) < 4.78 is 26.6. The van der Waals surface area contributed by atoms with Crippen LogP contribution in [0.1, 0.15) is 23.7 Å². The smallest absolute Gasteiger partial charge is 0.256 e. The quantitative estimate of drug-likeness (QED) is 0.728. The summed E-state index contributed by atoms with van der Waals surface area (Å²) in [7, 11) is 0. The lowest BCUT2D eigenvalue weighted by Gasteiger charge is -2.34. The molecule has 1 amide bonds. The third-order valence-electron chi connectivity index (χ3n) is 3.34. The van der Waals surface area contributed by atoms with Crippen LogP contribution in [-0.2, 0) is 0 Å². The van der Waals surface area contributed by atoms with Crippen LogP contribution < -0.4 is 0 Å². The first-order chi connectivity index (χ1) is 8.50. The van der Waals surface area contributed by atoms with Crippen LogP contribution in [0.3, 0.4) is 0 Å². The molecule has 18 heavy (non-hydrogen) atoms. The van der Waals surface area contributed by atoms with Crippen LogP contribution in [0.4, 0.5) is 8.78 Å². The summed E-state index contributed by atoms with van der Waals surface area (Å²) in [4.78, 5) is 13.9. The van der Waals surface area contributed by atoms with E-state index in [9.17, 15) is 13.6 Å². The number of carbonyl (C=O) groups excluding carboxylic acids is 1. The molecule has 0 aliphatic carbocycles. The molecule has 1 aromatic rings. The zero-order valence-corrected chi connectivity index (χ0v) is 11.6. The van der Waals surface area contributed by atoms with E-state index in [-0.39, 0.29) is 10.4 Å². The molecule has 1 aliphatic heterocycles. The second-order valence-electron chi connectivity index (χ2n) is 4.63. The summed E-state index contributed by atoms with van der Waals surface area (Å²) in [5.41, 5.74) is -0.191. The Labute approximate surface area is 113 Å². The van der Waals surface area contributed by atoms with E-state index in [0.717, 1.165) is 12.5 Å². The molecule has 0 N–H and O–H groups in total. The zero-order valence-electron chi connectivity index (χ0n) is 10.00. The fourth-order valence-corrected chi connectivity index (χ4v) is 2.66. The highest BCUT2D eigenvalue weighted by Crippen LogP contribution is 2.25. The number of hydrogen-bond donors (Lipinski definition) is 0. The van der Waals surface area contributed by atoms with E-state index in [1.807, 2.05) is 0 Å². The van der Waals surface area contributed by atoms with Crippen LogP contribution in [0.2, 0.25) is 0 Å². The first-order valence-electron chi connectivity index (χ1n) is 5.88. The number of benzene rings is 1. The molecule has 0 aromatic heterocycles. The molecule has 0 radical (unpaired) electrons. The van der Waals surface area contributed by atoms with Crippen molar-refractivity contribution in [3.8, 4) is 0 Å². The SMILES string of the molecule is CC1CCN(C(=O)c2cccc(F)c2F)CC1Br. The molecular weight excluding hydrogens is 304 g/mol. The van der Waals surface area contributed by atoms with Gasteiger partial charge in [0.25, 0.3) is 5.91 Å². The summed E-state index contributed by atoms with van der Waals surface area (Å²) in [5.74, 6) is -2.01. The molecule has 2 unspecified atom stereocenters. The number of alkyl halides is 1. The number of likely N-dealkylation sites (tertiary alicyclic amines) is 1. The number of nitrogens with zero attached hydrogens (tertiary/aromatic N) is 1. The van der Waals surface area contributed by atoms with Crippen LogP contribution in [0, 0.1) is 17.6 Å². The maximum Gasteiger partial charge on any atom is 0.256 e. The highest BCUT2D eigenvalue weighted by molar-refractivity contribution is 9.09. The molecule has 1 aliphatic rings. The Morgan fingerprint density at radius 2 is 2.17 bits per heavy atom.